The Bertz CT molecular complexity index is 1400. The maximum atomic E-state index is 5.19. The van der Waals surface area contributed by atoms with Gasteiger partial charge in [0.25, 0.3) is 0 Å². The number of imidazole rings is 1. The Balaban J connectivity index is 1.43. The molecule has 3 aromatic heterocycles. The van der Waals surface area contributed by atoms with Crippen LogP contribution in [0.1, 0.15) is 36.8 Å². The number of aromatic nitrogens is 4. The molecule has 4 heterocycles. The van der Waals surface area contributed by atoms with E-state index < -0.39 is 0 Å². The number of pyridine rings is 1. The molecule has 0 unspecified atom stereocenters. The molecule has 2 aliphatic rings. The van der Waals surface area contributed by atoms with Gasteiger partial charge < -0.3 is 14.0 Å². The molecule has 0 bridgehead atoms. The number of aryl methyl sites for hydroxylation is 2. The van der Waals surface area contributed by atoms with Gasteiger partial charge in [-0.2, -0.15) is 0 Å². The van der Waals surface area contributed by atoms with Crippen LogP contribution in [-0.2, 0) is 13.6 Å². The third-order valence-corrected chi connectivity index (χ3v) is 8.35. The van der Waals surface area contributed by atoms with Crippen LogP contribution in [0.2, 0.25) is 0 Å². The zero-order valence-corrected chi connectivity index (χ0v) is 22.0. The minimum absolute atomic E-state index is 0.513. The van der Waals surface area contributed by atoms with Crippen molar-refractivity contribution in [2.75, 3.05) is 13.1 Å². The summed E-state index contributed by atoms with van der Waals surface area (Å²) in [6, 6.07) is 11.4. The van der Waals surface area contributed by atoms with E-state index in [9.17, 15) is 0 Å². The smallest absolute Gasteiger partial charge is 0.157 e. The molecule has 1 N–H and O–H groups in total. The monoisotopic (exact) mass is 566 g/mol. The summed E-state index contributed by atoms with van der Waals surface area (Å²) in [5.41, 5.74) is 7.94. The van der Waals surface area contributed by atoms with Crippen LogP contribution in [0.3, 0.4) is 0 Å². The molecule has 1 saturated carbocycles. The molecule has 4 aromatic rings. The second kappa shape index (κ2) is 8.68. The molecular weight excluding hydrogens is 535 g/mol. The van der Waals surface area contributed by atoms with Gasteiger partial charge in [-0.3, -0.25) is 3.53 Å². The highest BCUT2D eigenvalue weighted by Crippen LogP contribution is 2.36. The first kappa shape index (κ1) is 22.1. The highest BCUT2D eigenvalue weighted by Gasteiger charge is 2.26. The van der Waals surface area contributed by atoms with Crippen molar-refractivity contribution < 1.29 is 0 Å². The lowest BCUT2D eigenvalue weighted by atomic mass is 10.0. The van der Waals surface area contributed by atoms with Crippen molar-refractivity contribution in [1.82, 2.24) is 27.5 Å². The average Bonchev–Trinajstić information content (AvgIpc) is 3.52. The van der Waals surface area contributed by atoms with Crippen molar-refractivity contribution in [3.63, 3.8) is 0 Å². The second-order valence-electron chi connectivity index (χ2n) is 10.00. The number of benzene rings is 1. The topological polar surface area (TPSA) is 50.9 Å². The number of halogens is 1. The summed E-state index contributed by atoms with van der Waals surface area (Å²) in [4.78, 5) is 12.3. The maximum Gasteiger partial charge on any atom is 0.157 e. The minimum atomic E-state index is 0.513. The predicted molar refractivity (Wildman–Crippen MR) is 148 cm³/mol. The van der Waals surface area contributed by atoms with Crippen LogP contribution in [0.5, 0.6) is 0 Å². The van der Waals surface area contributed by atoms with Crippen LogP contribution in [0.25, 0.3) is 39.3 Å². The molecule has 1 aliphatic carbocycles. The largest absolute Gasteiger partial charge is 0.370 e. The van der Waals surface area contributed by atoms with E-state index >= 15 is 0 Å². The van der Waals surface area contributed by atoms with Gasteiger partial charge in [0.05, 0.1) is 16.7 Å². The fraction of sp³-hybridized carbons (Fsp3) is 0.407. The average molecular weight is 566 g/mol. The van der Waals surface area contributed by atoms with Gasteiger partial charge in [-0.05, 0) is 80.0 Å². The second-order valence-corrected chi connectivity index (χ2v) is 10.6. The Hall–Kier alpha value is -2.39. The standard InChI is InChI=1S/C27H31IN6/c1-17-12-21(18(2)33-11-5-7-22(16-33)31-28)13-23-25(17)32(3)27(30-23)24-14-20-6-4-10-29-26(20)34(24)15-19-8-9-19/h4,6,10,12-14,19,22,31H,2,5,7-9,11,15-16H2,1,3H3/t22-/m1/s1. The third kappa shape index (κ3) is 3.82. The van der Waals surface area contributed by atoms with Crippen molar-refractivity contribution in [3.05, 3.63) is 54.2 Å². The quantitative estimate of drug-likeness (QED) is 0.241. The molecule has 2 fully saturated rings. The highest BCUT2D eigenvalue weighted by molar-refractivity contribution is 14.1. The van der Waals surface area contributed by atoms with Crippen LogP contribution in [0.15, 0.2) is 43.1 Å². The van der Waals surface area contributed by atoms with E-state index in [1.165, 1.54) is 47.7 Å². The van der Waals surface area contributed by atoms with Gasteiger partial charge in [-0.1, -0.05) is 6.58 Å². The van der Waals surface area contributed by atoms with Gasteiger partial charge >= 0.3 is 0 Å². The lowest BCUT2D eigenvalue weighted by Crippen LogP contribution is -2.41. The molecule has 7 heteroatoms. The Kier molecular flexibility index (Phi) is 5.64. The van der Waals surface area contributed by atoms with E-state index in [1.807, 2.05) is 12.3 Å². The predicted octanol–water partition coefficient (Wildman–Crippen LogP) is 5.68. The van der Waals surface area contributed by atoms with Crippen molar-refractivity contribution in [2.24, 2.45) is 13.0 Å². The number of likely N-dealkylation sites (tertiary alicyclic amines) is 1. The Labute approximate surface area is 214 Å². The Morgan fingerprint density at radius 1 is 1.24 bits per heavy atom. The summed E-state index contributed by atoms with van der Waals surface area (Å²) < 4.78 is 8.05. The third-order valence-electron chi connectivity index (χ3n) is 7.47. The van der Waals surface area contributed by atoms with E-state index in [1.54, 1.807) is 0 Å². The van der Waals surface area contributed by atoms with Crippen LogP contribution in [0, 0.1) is 12.8 Å². The zero-order chi connectivity index (χ0) is 23.4. The summed E-state index contributed by atoms with van der Waals surface area (Å²) in [6.07, 6.45) is 6.92. The SMILES string of the molecule is C=C(c1cc(C)c2c(c1)nc(-c1cc3cccnc3n1CC1CC1)n2C)N1CCC[C@@H](NI)C1. The van der Waals surface area contributed by atoms with Gasteiger partial charge in [0.15, 0.2) is 5.82 Å². The van der Waals surface area contributed by atoms with Crippen LogP contribution < -0.4 is 3.53 Å². The number of hydrogen-bond acceptors (Lipinski definition) is 4. The maximum absolute atomic E-state index is 5.19. The fourth-order valence-corrected chi connectivity index (χ4v) is 5.99. The van der Waals surface area contributed by atoms with Crippen LogP contribution >= 0.6 is 22.9 Å². The molecule has 176 valence electrons. The van der Waals surface area contributed by atoms with E-state index in [4.69, 9.17) is 9.97 Å². The van der Waals surface area contributed by atoms with Gasteiger partial charge in [0.2, 0.25) is 0 Å². The van der Waals surface area contributed by atoms with Crippen molar-refractivity contribution >= 4 is 50.6 Å². The molecule has 0 radical (unpaired) electrons. The van der Waals surface area contributed by atoms with Gasteiger partial charge in [0, 0.05) is 72.9 Å². The number of nitrogens with zero attached hydrogens (tertiary/aromatic N) is 5. The van der Waals surface area contributed by atoms with E-state index in [2.05, 4.69) is 85.2 Å². The summed E-state index contributed by atoms with van der Waals surface area (Å²) in [6.45, 7) is 9.75. The molecule has 6 rings (SSSR count). The van der Waals surface area contributed by atoms with Crippen molar-refractivity contribution in [3.8, 4) is 11.5 Å². The Morgan fingerprint density at radius 3 is 2.88 bits per heavy atom. The fourth-order valence-electron chi connectivity index (χ4n) is 5.48. The van der Waals surface area contributed by atoms with Crippen molar-refractivity contribution in [2.45, 2.75) is 45.2 Å². The van der Waals surface area contributed by atoms with Crippen LogP contribution in [0.4, 0.5) is 0 Å². The molecule has 0 amide bonds. The minimum Gasteiger partial charge on any atom is -0.370 e. The molecule has 1 aliphatic heterocycles. The summed E-state index contributed by atoms with van der Waals surface area (Å²) in [5.74, 6) is 1.76. The first-order chi connectivity index (χ1) is 16.5. The number of hydrogen-bond donors (Lipinski definition) is 1. The van der Waals surface area contributed by atoms with Gasteiger partial charge in [0.1, 0.15) is 5.65 Å². The highest BCUT2D eigenvalue weighted by atomic mass is 127. The molecule has 0 spiro atoms. The summed E-state index contributed by atoms with van der Waals surface area (Å²) in [7, 11) is 2.14. The molecule has 1 atom stereocenters. The van der Waals surface area contributed by atoms with E-state index in [0.717, 1.165) is 53.9 Å². The van der Waals surface area contributed by atoms with Gasteiger partial charge in [-0.25, -0.2) is 9.97 Å². The number of piperidine rings is 1. The Morgan fingerprint density at radius 2 is 2.09 bits per heavy atom. The first-order valence-electron chi connectivity index (χ1n) is 12.3. The van der Waals surface area contributed by atoms with Crippen molar-refractivity contribution in [1.29, 1.82) is 0 Å². The number of nitrogens with one attached hydrogen (secondary N) is 1. The van der Waals surface area contributed by atoms with Gasteiger partial charge in [-0.15, -0.1) is 0 Å². The van der Waals surface area contributed by atoms with E-state index in [0.29, 0.717) is 6.04 Å². The normalized spacial score (nSPS) is 18.8. The molecule has 6 nitrogen and oxygen atoms in total. The van der Waals surface area contributed by atoms with Crippen LogP contribution in [-0.4, -0.2) is 43.1 Å². The molecule has 1 saturated heterocycles. The first-order valence-corrected chi connectivity index (χ1v) is 13.3. The van der Waals surface area contributed by atoms with E-state index in [-0.39, 0.29) is 0 Å². The molecular formula is C27H31IN6. The zero-order valence-electron chi connectivity index (χ0n) is 19.9. The number of rotatable bonds is 6. The number of fused-ring (bicyclic) bond motifs is 2. The lowest BCUT2D eigenvalue weighted by Gasteiger charge is -2.35. The molecule has 1 aromatic carbocycles. The lowest BCUT2D eigenvalue weighted by molar-refractivity contribution is 0.290. The summed E-state index contributed by atoms with van der Waals surface area (Å²) in [5, 5.41) is 1.18. The molecule has 34 heavy (non-hydrogen) atoms. The summed E-state index contributed by atoms with van der Waals surface area (Å²) >= 11 is 2.28.